The first-order valence-electron chi connectivity index (χ1n) is 8.59. The summed E-state index contributed by atoms with van der Waals surface area (Å²) < 4.78 is 5.17. The predicted molar refractivity (Wildman–Crippen MR) is 107 cm³/mol. The van der Waals surface area contributed by atoms with E-state index in [1.54, 1.807) is 25.3 Å². The zero-order chi connectivity index (χ0) is 20.3. The van der Waals surface area contributed by atoms with Gasteiger partial charge in [0.15, 0.2) is 0 Å². The van der Waals surface area contributed by atoms with Crippen molar-refractivity contribution in [3.8, 4) is 5.75 Å². The molecule has 0 aliphatic carbocycles. The number of methoxy groups -OCH3 is 1. The first-order chi connectivity index (χ1) is 13.4. The summed E-state index contributed by atoms with van der Waals surface area (Å²) in [5, 5.41) is 15.6. The molecule has 1 amide bonds. The van der Waals surface area contributed by atoms with Gasteiger partial charge in [0.25, 0.3) is 0 Å². The summed E-state index contributed by atoms with van der Waals surface area (Å²) in [6, 6.07) is 12.0. The van der Waals surface area contributed by atoms with Gasteiger partial charge in [0.2, 0.25) is 5.91 Å². The third kappa shape index (κ3) is 4.46. The topological polar surface area (TPSA) is 79.2 Å². The second kappa shape index (κ2) is 8.63. The van der Waals surface area contributed by atoms with Crippen LogP contribution < -0.4 is 4.74 Å². The number of hydrogen-bond acceptors (Lipinski definition) is 4. The number of aliphatic carboxylic acids is 1. The number of rotatable bonds is 6. The molecule has 1 atom stereocenters. The van der Waals surface area contributed by atoms with Gasteiger partial charge in [0.1, 0.15) is 5.75 Å². The lowest BCUT2D eigenvalue weighted by atomic mass is 9.98. The Morgan fingerprint density at radius 3 is 2.50 bits per heavy atom. The fourth-order valence-electron chi connectivity index (χ4n) is 3.04. The Bertz CT molecular complexity index is 928. The predicted octanol–water partition coefficient (Wildman–Crippen LogP) is 4.54. The molecule has 1 heterocycles. The summed E-state index contributed by atoms with van der Waals surface area (Å²) in [7, 11) is 1.59. The maximum Gasteiger partial charge on any atom is 0.303 e. The molecule has 2 aromatic carbocycles. The molecule has 1 aliphatic rings. The normalized spacial score (nSPS) is 16.0. The maximum atomic E-state index is 12.7. The molecule has 0 aromatic heterocycles. The highest BCUT2D eigenvalue weighted by Crippen LogP contribution is 2.37. The monoisotopic (exact) mass is 420 g/mol. The van der Waals surface area contributed by atoms with Crippen LogP contribution in [-0.4, -0.2) is 34.8 Å². The van der Waals surface area contributed by atoms with Gasteiger partial charge in [-0.1, -0.05) is 29.3 Å². The van der Waals surface area contributed by atoms with Crippen LogP contribution >= 0.6 is 23.2 Å². The van der Waals surface area contributed by atoms with Gasteiger partial charge in [-0.2, -0.15) is 5.10 Å². The van der Waals surface area contributed by atoms with Gasteiger partial charge in [0, 0.05) is 22.9 Å². The van der Waals surface area contributed by atoms with E-state index in [1.165, 1.54) is 5.01 Å². The van der Waals surface area contributed by atoms with E-state index in [0.29, 0.717) is 33.5 Å². The van der Waals surface area contributed by atoms with Crippen LogP contribution in [0.2, 0.25) is 10.0 Å². The quantitative estimate of drug-likeness (QED) is 0.743. The SMILES string of the molecule is COc1ccc(C2=NN(C(=O)CCC(=O)O)[C@H](c3ccc(Cl)cc3Cl)C2)cc1. The summed E-state index contributed by atoms with van der Waals surface area (Å²) in [6.07, 6.45) is 0.0483. The number of halogens is 2. The van der Waals surface area contributed by atoms with Crippen molar-refractivity contribution in [2.75, 3.05) is 7.11 Å². The van der Waals surface area contributed by atoms with Crippen molar-refractivity contribution in [2.45, 2.75) is 25.3 Å². The Morgan fingerprint density at radius 1 is 1.18 bits per heavy atom. The largest absolute Gasteiger partial charge is 0.497 e. The summed E-state index contributed by atoms with van der Waals surface area (Å²) >= 11 is 12.3. The van der Waals surface area contributed by atoms with Gasteiger partial charge in [-0.25, -0.2) is 5.01 Å². The Morgan fingerprint density at radius 2 is 1.89 bits per heavy atom. The molecule has 146 valence electrons. The lowest BCUT2D eigenvalue weighted by Gasteiger charge is -2.22. The molecule has 0 bridgehead atoms. The van der Waals surface area contributed by atoms with Crippen LogP contribution in [0, 0.1) is 0 Å². The minimum atomic E-state index is -1.03. The molecule has 0 saturated carbocycles. The smallest absolute Gasteiger partial charge is 0.303 e. The molecular weight excluding hydrogens is 403 g/mol. The molecule has 0 unspecified atom stereocenters. The van der Waals surface area contributed by atoms with Crippen molar-refractivity contribution in [3.05, 3.63) is 63.6 Å². The molecule has 1 N–H and O–H groups in total. The summed E-state index contributed by atoms with van der Waals surface area (Å²) in [5.41, 5.74) is 2.27. The van der Waals surface area contributed by atoms with Crippen LogP contribution in [-0.2, 0) is 9.59 Å². The average Bonchev–Trinajstić information content (AvgIpc) is 3.11. The first-order valence-corrected chi connectivity index (χ1v) is 9.35. The van der Waals surface area contributed by atoms with Crippen molar-refractivity contribution >= 4 is 40.8 Å². The van der Waals surface area contributed by atoms with E-state index in [2.05, 4.69) is 5.10 Å². The zero-order valence-corrected chi connectivity index (χ0v) is 16.6. The Labute approximate surface area is 172 Å². The first kappa shape index (κ1) is 20.2. The fraction of sp³-hybridized carbons (Fsp3) is 0.250. The van der Waals surface area contributed by atoms with Gasteiger partial charge in [-0.3, -0.25) is 9.59 Å². The van der Waals surface area contributed by atoms with Gasteiger partial charge < -0.3 is 9.84 Å². The number of amides is 1. The third-order valence-corrected chi connectivity index (χ3v) is 5.03. The molecule has 3 rings (SSSR count). The highest BCUT2D eigenvalue weighted by molar-refractivity contribution is 6.35. The van der Waals surface area contributed by atoms with E-state index in [0.717, 1.165) is 5.56 Å². The second-order valence-electron chi connectivity index (χ2n) is 6.29. The van der Waals surface area contributed by atoms with E-state index in [9.17, 15) is 9.59 Å². The number of carboxylic acids is 1. The van der Waals surface area contributed by atoms with Crippen LogP contribution in [0.25, 0.3) is 0 Å². The number of hydrogen-bond donors (Lipinski definition) is 1. The van der Waals surface area contributed by atoms with Crippen molar-refractivity contribution < 1.29 is 19.4 Å². The lowest BCUT2D eigenvalue weighted by Crippen LogP contribution is -2.27. The number of hydrazone groups is 1. The lowest BCUT2D eigenvalue weighted by molar-refractivity contribution is -0.141. The van der Waals surface area contributed by atoms with E-state index < -0.39 is 12.0 Å². The molecule has 8 heteroatoms. The average molecular weight is 421 g/mol. The summed E-state index contributed by atoms with van der Waals surface area (Å²) in [6.45, 7) is 0. The number of benzene rings is 2. The third-order valence-electron chi connectivity index (χ3n) is 4.46. The second-order valence-corrected chi connectivity index (χ2v) is 7.14. The Kier molecular flexibility index (Phi) is 6.21. The molecule has 28 heavy (non-hydrogen) atoms. The number of ether oxygens (including phenoxy) is 1. The van der Waals surface area contributed by atoms with E-state index >= 15 is 0 Å². The van der Waals surface area contributed by atoms with Crippen molar-refractivity contribution in [3.63, 3.8) is 0 Å². The van der Waals surface area contributed by atoms with Crippen LogP contribution in [0.1, 0.15) is 36.4 Å². The van der Waals surface area contributed by atoms with Crippen LogP contribution in [0.3, 0.4) is 0 Å². The Hall–Kier alpha value is -2.57. The number of nitrogens with zero attached hydrogens (tertiary/aromatic N) is 2. The minimum absolute atomic E-state index is 0.142. The van der Waals surface area contributed by atoms with Crippen molar-refractivity contribution in [2.24, 2.45) is 5.10 Å². The molecule has 0 fully saturated rings. The maximum absolute atomic E-state index is 12.7. The van der Waals surface area contributed by atoms with E-state index in [-0.39, 0.29) is 18.7 Å². The Balaban J connectivity index is 1.93. The molecule has 0 radical (unpaired) electrons. The molecule has 2 aromatic rings. The minimum Gasteiger partial charge on any atom is -0.497 e. The van der Waals surface area contributed by atoms with Gasteiger partial charge in [-0.15, -0.1) is 0 Å². The molecule has 0 spiro atoms. The summed E-state index contributed by atoms with van der Waals surface area (Å²) in [5.74, 6) is -0.691. The molecule has 6 nitrogen and oxygen atoms in total. The van der Waals surface area contributed by atoms with Crippen LogP contribution in [0.5, 0.6) is 5.75 Å². The number of carbonyl (C=O) groups is 2. The van der Waals surface area contributed by atoms with Crippen LogP contribution in [0.15, 0.2) is 47.6 Å². The van der Waals surface area contributed by atoms with Gasteiger partial charge in [0.05, 0.1) is 25.3 Å². The summed E-state index contributed by atoms with van der Waals surface area (Å²) in [4.78, 5) is 23.5. The molecule has 1 aliphatic heterocycles. The zero-order valence-electron chi connectivity index (χ0n) is 15.1. The van der Waals surface area contributed by atoms with E-state index in [1.807, 2.05) is 24.3 Å². The number of carboxylic acid groups (broad SMARTS) is 1. The number of carbonyl (C=O) groups excluding carboxylic acids is 1. The van der Waals surface area contributed by atoms with Gasteiger partial charge in [-0.05, 0) is 47.5 Å². The fourth-order valence-corrected chi connectivity index (χ4v) is 3.58. The van der Waals surface area contributed by atoms with Crippen LogP contribution in [0.4, 0.5) is 0 Å². The standard InChI is InChI=1S/C20H18Cl2N2O4/c1-28-14-5-2-12(3-6-14)17-11-18(15-7-4-13(21)10-16(15)22)24(23-17)19(25)8-9-20(26)27/h2-7,10,18H,8-9,11H2,1H3,(H,26,27)/t18-/m0/s1. The molecule has 0 saturated heterocycles. The van der Waals surface area contributed by atoms with Crippen molar-refractivity contribution in [1.82, 2.24) is 5.01 Å². The highest BCUT2D eigenvalue weighted by atomic mass is 35.5. The van der Waals surface area contributed by atoms with Gasteiger partial charge >= 0.3 is 5.97 Å². The van der Waals surface area contributed by atoms with Crippen molar-refractivity contribution in [1.29, 1.82) is 0 Å². The highest BCUT2D eigenvalue weighted by Gasteiger charge is 2.34. The van der Waals surface area contributed by atoms with E-state index in [4.69, 9.17) is 33.0 Å². The molecular formula is C20H18Cl2N2O4.